The Morgan fingerprint density at radius 1 is 1.69 bits per heavy atom. The van der Waals surface area contributed by atoms with Crippen LogP contribution < -0.4 is 11.1 Å². The highest BCUT2D eigenvalue weighted by Crippen LogP contribution is 2.13. The summed E-state index contributed by atoms with van der Waals surface area (Å²) in [7, 11) is 0. The molecule has 1 aliphatic heterocycles. The lowest BCUT2D eigenvalue weighted by Gasteiger charge is -2.19. The molecular weight excluding hydrogens is 186 g/mol. The van der Waals surface area contributed by atoms with Crippen molar-refractivity contribution in [1.82, 2.24) is 10.2 Å². The van der Waals surface area contributed by atoms with Crippen molar-refractivity contribution in [3.63, 3.8) is 0 Å². The van der Waals surface area contributed by atoms with E-state index in [9.17, 15) is 5.11 Å². The predicted octanol–water partition coefficient (Wildman–Crippen LogP) is -0.376. The van der Waals surface area contributed by atoms with E-state index in [0.717, 1.165) is 38.9 Å². The van der Waals surface area contributed by atoms with E-state index in [0.29, 0.717) is 5.11 Å². The standard InChI is InChI=1S/C8H17N3OS/c9-8(13)10-4-2-6-11-5-1-3-7(11)12/h7,12H,1-6H2,(H3,9,10,13). The van der Waals surface area contributed by atoms with Gasteiger partial charge in [-0.3, -0.25) is 4.90 Å². The van der Waals surface area contributed by atoms with Crippen LogP contribution in [0.3, 0.4) is 0 Å². The molecule has 1 atom stereocenters. The minimum atomic E-state index is -0.232. The molecule has 1 heterocycles. The summed E-state index contributed by atoms with van der Waals surface area (Å²) < 4.78 is 0. The van der Waals surface area contributed by atoms with Gasteiger partial charge in [-0.05, 0) is 31.5 Å². The summed E-state index contributed by atoms with van der Waals surface area (Å²) in [6, 6.07) is 0. The van der Waals surface area contributed by atoms with Crippen molar-refractivity contribution in [2.24, 2.45) is 5.73 Å². The molecule has 0 aromatic heterocycles. The number of hydrogen-bond acceptors (Lipinski definition) is 3. The Hall–Kier alpha value is -0.390. The fourth-order valence-corrected chi connectivity index (χ4v) is 1.67. The van der Waals surface area contributed by atoms with Crippen LogP contribution in [0.2, 0.25) is 0 Å². The average molecular weight is 203 g/mol. The molecule has 0 aliphatic carbocycles. The molecule has 0 amide bonds. The van der Waals surface area contributed by atoms with Crippen molar-refractivity contribution in [1.29, 1.82) is 0 Å². The minimum Gasteiger partial charge on any atom is -0.378 e. The maximum absolute atomic E-state index is 9.45. The summed E-state index contributed by atoms with van der Waals surface area (Å²) in [6.45, 7) is 2.71. The van der Waals surface area contributed by atoms with Gasteiger partial charge >= 0.3 is 0 Å². The van der Waals surface area contributed by atoms with Gasteiger partial charge in [-0.1, -0.05) is 0 Å². The molecule has 0 aromatic rings. The van der Waals surface area contributed by atoms with Gasteiger partial charge in [0.2, 0.25) is 0 Å². The smallest absolute Gasteiger partial charge is 0.163 e. The lowest BCUT2D eigenvalue weighted by atomic mass is 10.3. The summed E-state index contributed by atoms with van der Waals surface area (Å²) in [5.74, 6) is 0. The molecule has 4 N–H and O–H groups in total. The third-order valence-corrected chi connectivity index (χ3v) is 2.39. The van der Waals surface area contributed by atoms with E-state index in [1.165, 1.54) is 0 Å². The van der Waals surface area contributed by atoms with Crippen LogP contribution in [-0.2, 0) is 0 Å². The van der Waals surface area contributed by atoms with Crippen molar-refractivity contribution in [3.05, 3.63) is 0 Å². The predicted molar refractivity (Wildman–Crippen MR) is 56.2 cm³/mol. The number of nitrogens with two attached hydrogens (primary N) is 1. The van der Waals surface area contributed by atoms with Crippen LogP contribution in [0.15, 0.2) is 0 Å². The highest BCUT2D eigenvalue weighted by Gasteiger charge is 2.20. The van der Waals surface area contributed by atoms with E-state index >= 15 is 0 Å². The number of aliphatic hydroxyl groups is 1. The Morgan fingerprint density at radius 3 is 3.00 bits per heavy atom. The molecule has 0 saturated carbocycles. The van der Waals surface area contributed by atoms with Crippen molar-refractivity contribution in [3.8, 4) is 0 Å². The zero-order chi connectivity index (χ0) is 9.68. The van der Waals surface area contributed by atoms with Gasteiger partial charge in [-0.25, -0.2) is 0 Å². The minimum absolute atomic E-state index is 0.232. The fraction of sp³-hybridized carbons (Fsp3) is 0.875. The van der Waals surface area contributed by atoms with Crippen LogP contribution in [0.25, 0.3) is 0 Å². The van der Waals surface area contributed by atoms with Crippen LogP contribution in [0.4, 0.5) is 0 Å². The second-order valence-electron chi connectivity index (χ2n) is 3.30. The van der Waals surface area contributed by atoms with Gasteiger partial charge in [0.1, 0.15) is 6.23 Å². The second-order valence-corrected chi connectivity index (χ2v) is 3.74. The molecule has 0 radical (unpaired) electrons. The summed E-state index contributed by atoms with van der Waals surface area (Å²) in [6.07, 6.45) is 2.74. The quantitative estimate of drug-likeness (QED) is 0.430. The van der Waals surface area contributed by atoms with Crippen molar-refractivity contribution >= 4 is 17.3 Å². The van der Waals surface area contributed by atoms with Gasteiger partial charge in [0.15, 0.2) is 5.11 Å². The zero-order valence-corrected chi connectivity index (χ0v) is 8.52. The number of hydrogen-bond donors (Lipinski definition) is 3. The summed E-state index contributed by atoms with van der Waals surface area (Å²) in [5.41, 5.74) is 5.27. The molecule has 1 unspecified atom stereocenters. The molecule has 4 nitrogen and oxygen atoms in total. The van der Waals surface area contributed by atoms with Crippen LogP contribution in [0, 0.1) is 0 Å². The van der Waals surface area contributed by atoms with Gasteiger partial charge in [0, 0.05) is 19.6 Å². The number of likely N-dealkylation sites (tertiary alicyclic amines) is 1. The Bertz CT molecular complexity index is 177. The van der Waals surface area contributed by atoms with Gasteiger partial charge in [-0.2, -0.15) is 0 Å². The van der Waals surface area contributed by atoms with E-state index in [4.69, 9.17) is 5.73 Å². The molecule has 1 rings (SSSR count). The van der Waals surface area contributed by atoms with Crippen molar-refractivity contribution in [2.45, 2.75) is 25.5 Å². The first-order chi connectivity index (χ1) is 6.20. The van der Waals surface area contributed by atoms with Crippen LogP contribution in [-0.4, -0.2) is 41.0 Å². The fourth-order valence-electron chi connectivity index (χ4n) is 1.56. The van der Waals surface area contributed by atoms with Gasteiger partial charge in [-0.15, -0.1) is 0 Å². The molecule has 0 spiro atoms. The maximum atomic E-state index is 9.45. The second kappa shape index (κ2) is 5.36. The summed E-state index contributed by atoms with van der Waals surface area (Å²) in [4.78, 5) is 2.08. The molecule has 5 heteroatoms. The van der Waals surface area contributed by atoms with Crippen LogP contribution >= 0.6 is 12.2 Å². The Kier molecular flexibility index (Phi) is 4.41. The molecular formula is C8H17N3OS. The van der Waals surface area contributed by atoms with Crippen molar-refractivity contribution in [2.75, 3.05) is 19.6 Å². The molecule has 0 bridgehead atoms. The number of nitrogens with one attached hydrogen (secondary N) is 1. The normalized spacial score (nSPS) is 23.3. The van der Waals surface area contributed by atoms with E-state index in [2.05, 4.69) is 22.4 Å². The molecule has 1 aliphatic rings. The topological polar surface area (TPSA) is 61.5 Å². The van der Waals surface area contributed by atoms with E-state index < -0.39 is 0 Å². The lowest BCUT2D eigenvalue weighted by Crippen LogP contribution is -2.34. The maximum Gasteiger partial charge on any atom is 0.163 e. The highest BCUT2D eigenvalue weighted by atomic mass is 32.1. The largest absolute Gasteiger partial charge is 0.378 e. The van der Waals surface area contributed by atoms with Gasteiger partial charge in [0.05, 0.1) is 0 Å². The lowest BCUT2D eigenvalue weighted by molar-refractivity contribution is 0.0379. The first-order valence-corrected chi connectivity index (χ1v) is 5.06. The first-order valence-electron chi connectivity index (χ1n) is 4.65. The average Bonchev–Trinajstić information content (AvgIpc) is 2.45. The number of thiocarbonyl (C=S) groups is 1. The Morgan fingerprint density at radius 2 is 2.46 bits per heavy atom. The van der Waals surface area contributed by atoms with Crippen molar-refractivity contribution < 1.29 is 5.11 Å². The number of rotatable bonds is 4. The van der Waals surface area contributed by atoms with Gasteiger partial charge in [0.25, 0.3) is 0 Å². The molecule has 1 saturated heterocycles. The van der Waals surface area contributed by atoms with Crippen LogP contribution in [0.1, 0.15) is 19.3 Å². The van der Waals surface area contributed by atoms with E-state index in [1.807, 2.05) is 0 Å². The zero-order valence-electron chi connectivity index (χ0n) is 7.70. The number of aliphatic hydroxyl groups excluding tert-OH is 1. The third kappa shape index (κ3) is 3.89. The molecule has 0 aromatic carbocycles. The van der Waals surface area contributed by atoms with E-state index in [1.54, 1.807) is 0 Å². The van der Waals surface area contributed by atoms with E-state index in [-0.39, 0.29) is 6.23 Å². The van der Waals surface area contributed by atoms with Gasteiger partial charge < -0.3 is 16.2 Å². The SMILES string of the molecule is NC(=S)NCCCN1CCCC1O. The molecule has 13 heavy (non-hydrogen) atoms. The molecule has 76 valence electrons. The molecule has 1 fully saturated rings. The highest BCUT2D eigenvalue weighted by molar-refractivity contribution is 7.80. The summed E-state index contributed by atoms with van der Waals surface area (Å²) in [5, 5.41) is 12.7. The first kappa shape index (κ1) is 10.7. The Balaban J connectivity index is 2.02. The summed E-state index contributed by atoms with van der Waals surface area (Å²) >= 11 is 4.67. The Labute approximate surface area is 84.1 Å². The third-order valence-electron chi connectivity index (χ3n) is 2.25. The monoisotopic (exact) mass is 203 g/mol. The number of nitrogens with zero attached hydrogens (tertiary/aromatic N) is 1. The van der Waals surface area contributed by atoms with Crippen LogP contribution in [0.5, 0.6) is 0 Å².